The molecule has 0 N–H and O–H groups in total. The molecule has 0 saturated heterocycles. The Labute approximate surface area is 293 Å². The van der Waals surface area contributed by atoms with Crippen LogP contribution in [0.2, 0.25) is 0 Å². The Bertz CT molecular complexity index is 2040. The molecule has 1 aromatic heterocycles. The van der Waals surface area contributed by atoms with Gasteiger partial charge >= 0.3 is 0 Å². The Morgan fingerprint density at radius 1 is 0.780 bits per heavy atom. The highest BCUT2D eigenvalue weighted by Crippen LogP contribution is 2.62. The maximum Gasteiger partial charge on any atom is 0.231 e. The summed E-state index contributed by atoms with van der Waals surface area (Å²) in [6.07, 6.45) is 7.33. The van der Waals surface area contributed by atoms with Crippen molar-refractivity contribution in [2.75, 3.05) is 28.1 Å². The number of fused-ring (bicyclic) bond motifs is 7. The van der Waals surface area contributed by atoms with Gasteiger partial charge in [0.25, 0.3) is 0 Å². The number of rotatable bonds is 8. The van der Waals surface area contributed by atoms with E-state index in [9.17, 15) is 0 Å². The van der Waals surface area contributed by atoms with Crippen molar-refractivity contribution in [2.24, 2.45) is 17.3 Å². The summed E-state index contributed by atoms with van der Waals surface area (Å²) < 4.78 is 42.3. The number of benzene rings is 4. The lowest BCUT2D eigenvalue weighted by Crippen LogP contribution is -2.44. The van der Waals surface area contributed by atoms with Crippen molar-refractivity contribution in [1.82, 2.24) is 0 Å². The average Bonchev–Trinajstić information content (AvgIpc) is 3.87. The van der Waals surface area contributed by atoms with Gasteiger partial charge in [-0.2, -0.15) is 0 Å². The molecule has 4 aliphatic rings. The molecule has 1 aliphatic heterocycles. The van der Waals surface area contributed by atoms with E-state index >= 15 is 0 Å². The second-order valence-electron chi connectivity index (χ2n) is 14.7. The fourth-order valence-electron chi connectivity index (χ4n) is 9.91. The first-order chi connectivity index (χ1) is 24.5. The topological polar surface area (TPSA) is 68.5 Å². The van der Waals surface area contributed by atoms with Crippen LogP contribution in [0.5, 0.6) is 28.7 Å². The summed E-state index contributed by atoms with van der Waals surface area (Å²) in [6.45, 7) is 3.43. The third-order valence-corrected chi connectivity index (χ3v) is 12.3. The molecule has 0 bridgehead atoms. The Morgan fingerprint density at radius 2 is 1.58 bits per heavy atom. The van der Waals surface area contributed by atoms with Crippen molar-refractivity contribution in [3.63, 3.8) is 0 Å². The van der Waals surface area contributed by atoms with Crippen molar-refractivity contribution in [3.8, 4) is 51.2 Å². The van der Waals surface area contributed by atoms with Crippen molar-refractivity contribution >= 4 is 11.0 Å². The van der Waals surface area contributed by atoms with Crippen LogP contribution in [-0.4, -0.2) is 34.2 Å². The molecule has 5 atom stereocenters. The van der Waals surface area contributed by atoms with Crippen molar-refractivity contribution in [1.29, 1.82) is 0 Å². The summed E-state index contributed by atoms with van der Waals surface area (Å²) in [4.78, 5) is 0. The van der Waals surface area contributed by atoms with E-state index < -0.39 is 0 Å². The normalized spacial score (nSPS) is 24.8. The van der Waals surface area contributed by atoms with Crippen LogP contribution in [0, 0.1) is 17.3 Å². The summed E-state index contributed by atoms with van der Waals surface area (Å²) in [5.41, 5.74) is 8.10. The van der Waals surface area contributed by atoms with Crippen LogP contribution >= 0.6 is 0 Å². The summed E-state index contributed by atoms with van der Waals surface area (Å²) in [5, 5.41) is 1.09. The lowest BCUT2D eigenvalue weighted by atomic mass is 9.55. The first-order valence-electron chi connectivity index (χ1n) is 17.9. The molecule has 7 heteroatoms. The minimum Gasteiger partial charge on any atom is -0.493 e. The molecule has 0 spiro atoms. The number of furan rings is 1. The number of hydrogen-bond acceptors (Lipinski definition) is 7. The van der Waals surface area contributed by atoms with Gasteiger partial charge in [-0.3, -0.25) is 0 Å². The minimum absolute atomic E-state index is 0.209. The van der Waals surface area contributed by atoms with E-state index in [4.69, 9.17) is 32.8 Å². The number of ether oxygens (including phenoxy) is 6. The van der Waals surface area contributed by atoms with Crippen molar-refractivity contribution in [2.45, 2.75) is 64.1 Å². The fraction of sp³-hybridized carbons (Fsp3) is 0.395. The molecule has 258 valence electrons. The van der Waals surface area contributed by atoms with E-state index in [1.807, 2.05) is 30.3 Å². The van der Waals surface area contributed by atoms with E-state index in [2.05, 4.69) is 49.4 Å². The molecule has 4 aromatic carbocycles. The molecule has 0 radical (unpaired) electrons. The number of methoxy groups -OCH3 is 3. The summed E-state index contributed by atoms with van der Waals surface area (Å²) in [6, 6.07) is 25.4. The molecule has 50 heavy (non-hydrogen) atoms. The molecular weight excluding hydrogens is 628 g/mol. The Balaban J connectivity index is 1.13. The Hall–Kier alpha value is -4.62. The molecule has 2 saturated carbocycles. The smallest absolute Gasteiger partial charge is 0.231 e. The van der Waals surface area contributed by atoms with Gasteiger partial charge in [0.2, 0.25) is 12.5 Å². The lowest BCUT2D eigenvalue weighted by Gasteiger charge is -2.50. The summed E-state index contributed by atoms with van der Waals surface area (Å²) >= 11 is 0. The molecule has 2 heterocycles. The van der Waals surface area contributed by atoms with Crippen LogP contribution in [0.25, 0.3) is 33.4 Å². The second kappa shape index (κ2) is 12.3. The van der Waals surface area contributed by atoms with Crippen LogP contribution in [-0.2, 0) is 17.8 Å². The predicted octanol–water partition coefficient (Wildman–Crippen LogP) is 9.96. The van der Waals surface area contributed by atoms with Crippen LogP contribution in [0.3, 0.4) is 0 Å². The highest BCUT2D eigenvalue weighted by Gasteiger charge is 2.55. The lowest BCUT2D eigenvalue weighted by molar-refractivity contribution is -0.0707. The first-order valence-corrected chi connectivity index (χ1v) is 17.9. The summed E-state index contributed by atoms with van der Waals surface area (Å²) in [7, 11) is 4.94. The van der Waals surface area contributed by atoms with Gasteiger partial charge in [0.1, 0.15) is 11.3 Å². The van der Waals surface area contributed by atoms with Gasteiger partial charge in [-0.15, -0.1) is 0 Å². The third-order valence-electron chi connectivity index (χ3n) is 12.3. The fourth-order valence-corrected chi connectivity index (χ4v) is 9.91. The van der Waals surface area contributed by atoms with Crippen molar-refractivity contribution < 1.29 is 32.8 Å². The van der Waals surface area contributed by atoms with Gasteiger partial charge in [-0.25, -0.2) is 0 Å². The number of hydrogen-bond donors (Lipinski definition) is 0. The molecule has 7 nitrogen and oxygen atoms in total. The van der Waals surface area contributed by atoms with Crippen LogP contribution in [0.15, 0.2) is 77.2 Å². The molecule has 2 fully saturated rings. The van der Waals surface area contributed by atoms with Gasteiger partial charge in [-0.05, 0) is 126 Å². The summed E-state index contributed by atoms with van der Waals surface area (Å²) in [5.74, 6) is 5.82. The molecule has 0 amide bonds. The molecule has 9 rings (SSSR count). The zero-order chi connectivity index (χ0) is 34.0. The average molecular weight is 673 g/mol. The molecule has 0 unspecified atom stereocenters. The van der Waals surface area contributed by atoms with Gasteiger partial charge in [0.05, 0.1) is 34.0 Å². The first kappa shape index (κ1) is 31.4. The third kappa shape index (κ3) is 4.96. The van der Waals surface area contributed by atoms with Gasteiger partial charge in [0, 0.05) is 16.5 Å². The number of aryl methyl sites for hydroxylation is 1. The predicted molar refractivity (Wildman–Crippen MR) is 193 cm³/mol. The van der Waals surface area contributed by atoms with E-state index in [0.717, 1.165) is 52.0 Å². The highest BCUT2D eigenvalue weighted by atomic mass is 16.7. The second-order valence-corrected chi connectivity index (χ2v) is 14.7. The minimum atomic E-state index is 0.209. The van der Waals surface area contributed by atoms with E-state index in [1.54, 1.807) is 21.3 Å². The van der Waals surface area contributed by atoms with E-state index in [1.165, 1.54) is 42.4 Å². The SMILES string of the molecule is COc1cc(-c2c(-c3ccc4c(c3)OCO4)oc3cc4c(cc23)[C@H]2CC[C@]3(C)[C@@H](OCc5ccccc5)CC[C@H]3[C@@H]2CC4)cc(OC)c1OC. The standard InChI is InChI=1S/C43H44O7/c1-43-17-16-29-30(33(43)13-15-39(43)47-23-25-8-6-5-7-9-25)12-10-26-18-35-32(22-31(26)29)40(28-20-37(44-2)42(46-4)38(21-28)45-3)41(50-35)27-11-14-34-36(19-27)49-24-48-34/h5-9,11,14,18-22,29-30,33,39H,10,12-13,15-17,23-24H2,1-4H3/t29-,30+,33-,39-,43-/m0/s1. The van der Waals surface area contributed by atoms with Gasteiger partial charge < -0.3 is 32.8 Å². The van der Waals surface area contributed by atoms with Crippen molar-refractivity contribution in [3.05, 3.63) is 89.5 Å². The monoisotopic (exact) mass is 672 g/mol. The Kier molecular flexibility index (Phi) is 7.72. The quantitative estimate of drug-likeness (QED) is 0.163. The van der Waals surface area contributed by atoms with Gasteiger partial charge in [-0.1, -0.05) is 37.3 Å². The van der Waals surface area contributed by atoms with E-state index in [0.29, 0.717) is 53.5 Å². The van der Waals surface area contributed by atoms with Crippen LogP contribution in [0.1, 0.15) is 61.6 Å². The maximum atomic E-state index is 6.84. The van der Waals surface area contributed by atoms with Crippen LogP contribution in [0.4, 0.5) is 0 Å². The molecular formula is C43H44O7. The van der Waals surface area contributed by atoms with Crippen LogP contribution < -0.4 is 23.7 Å². The Morgan fingerprint density at radius 3 is 2.36 bits per heavy atom. The molecule has 3 aliphatic carbocycles. The van der Waals surface area contributed by atoms with Gasteiger partial charge in [0.15, 0.2) is 23.0 Å². The maximum absolute atomic E-state index is 6.84. The molecule has 5 aromatic rings. The largest absolute Gasteiger partial charge is 0.493 e. The van der Waals surface area contributed by atoms with E-state index in [-0.39, 0.29) is 12.2 Å². The zero-order valence-electron chi connectivity index (χ0n) is 29.3. The highest BCUT2D eigenvalue weighted by molar-refractivity contribution is 6.03. The zero-order valence-corrected chi connectivity index (χ0v) is 29.3.